The predicted octanol–water partition coefficient (Wildman–Crippen LogP) is 5.36. The van der Waals surface area contributed by atoms with E-state index in [0.29, 0.717) is 27.3 Å². The van der Waals surface area contributed by atoms with Gasteiger partial charge in [0, 0.05) is 32.2 Å². The van der Waals surface area contributed by atoms with Gasteiger partial charge in [-0.2, -0.15) is 5.26 Å². The summed E-state index contributed by atoms with van der Waals surface area (Å²) in [6.07, 6.45) is 11.0. The fourth-order valence-electron chi connectivity index (χ4n) is 4.85. The molecule has 1 aromatic heterocycles. The molecule has 1 amide bonds. The Balaban J connectivity index is 1.91. The van der Waals surface area contributed by atoms with Crippen LogP contribution in [0.2, 0.25) is 0 Å². The summed E-state index contributed by atoms with van der Waals surface area (Å²) in [5.74, 6) is 1.23. The quantitative estimate of drug-likeness (QED) is 0.258. The van der Waals surface area contributed by atoms with Gasteiger partial charge in [-0.3, -0.25) is 19.1 Å². The second-order valence-electron chi connectivity index (χ2n) is 9.51. The van der Waals surface area contributed by atoms with E-state index in [1.54, 1.807) is 23.4 Å². The lowest BCUT2D eigenvalue weighted by atomic mass is 9.98. The second kappa shape index (κ2) is 12.0. The summed E-state index contributed by atoms with van der Waals surface area (Å²) in [6.45, 7) is 8.56. The Hall–Kier alpha value is -2.11. The molecule has 6 nitrogen and oxygen atoms in total. The Morgan fingerprint density at radius 1 is 1.21 bits per heavy atom. The molecule has 1 atom stereocenters. The van der Waals surface area contributed by atoms with Crippen molar-refractivity contribution >= 4 is 46.1 Å². The van der Waals surface area contributed by atoms with Gasteiger partial charge in [0.05, 0.1) is 4.91 Å². The van der Waals surface area contributed by atoms with Crippen LogP contribution in [0.3, 0.4) is 0 Å². The lowest BCUT2D eigenvalue weighted by molar-refractivity contribution is -0.122. The van der Waals surface area contributed by atoms with Gasteiger partial charge in [0.25, 0.3) is 11.5 Å². The fourth-order valence-corrected chi connectivity index (χ4v) is 6.14. The van der Waals surface area contributed by atoms with Crippen molar-refractivity contribution in [2.75, 3.05) is 24.5 Å². The predicted molar refractivity (Wildman–Crippen MR) is 145 cm³/mol. The molecule has 34 heavy (non-hydrogen) atoms. The van der Waals surface area contributed by atoms with Crippen LogP contribution in [0.25, 0.3) is 6.08 Å². The number of rotatable bonds is 9. The first kappa shape index (κ1) is 26.5. The molecule has 8 heteroatoms. The Morgan fingerprint density at radius 3 is 2.59 bits per heavy atom. The first-order chi connectivity index (χ1) is 16.3. The van der Waals surface area contributed by atoms with Gasteiger partial charge in [-0.25, -0.2) is 0 Å². The number of anilines is 1. The highest BCUT2D eigenvalue weighted by Gasteiger charge is 2.33. The SMILES string of the molecule is CCCCCCCCN1C(=O)/C(=C/c2c(C)c(C#N)c(=O)n(C)c2N2CCCC(C)C2)SC1=S. The summed E-state index contributed by atoms with van der Waals surface area (Å²) in [5.41, 5.74) is 1.24. The lowest BCUT2D eigenvalue weighted by Crippen LogP contribution is -2.39. The van der Waals surface area contributed by atoms with E-state index in [-0.39, 0.29) is 17.0 Å². The number of amides is 1. The van der Waals surface area contributed by atoms with Gasteiger partial charge >= 0.3 is 0 Å². The number of hydrogen-bond donors (Lipinski definition) is 0. The Kier molecular flexibility index (Phi) is 9.38. The van der Waals surface area contributed by atoms with Crippen LogP contribution in [-0.4, -0.2) is 39.3 Å². The number of pyridine rings is 1. The maximum absolute atomic E-state index is 13.2. The third-order valence-corrected chi connectivity index (χ3v) is 8.19. The molecule has 184 valence electrons. The molecule has 0 saturated carbocycles. The minimum Gasteiger partial charge on any atom is -0.357 e. The van der Waals surface area contributed by atoms with Gasteiger partial charge in [-0.15, -0.1) is 0 Å². The monoisotopic (exact) mass is 500 g/mol. The summed E-state index contributed by atoms with van der Waals surface area (Å²) in [4.78, 5) is 30.7. The number of unbranched alkanes of at least 4 members (excludes halogenated alkanes) is 5. The highest BCUT2D eigenvalue weighted by molar-refractivity contribution is 8.26. The third-order valence-electron chi connectivity index (χ3n) is 6.81. The normalized spacial score (nSPS) is 19.9. The van der Waals surface area contributed by atoms with Crippen LogP contribution in [0.1, 0.15) is 81.9 Å². The molecular formula is C26H36N4O2S2. The van der Waals surface area contributed by atoms with Crippen molar-refractivity contribution < 1.29 is 4.79 Å². The summed E-state index contributed by atoms with van der Waals surface area (Å²) in [7, 11) is 1.72. The Bertz CT molecular complexity index is 1070. The zero-order chi connectivity index (χ0) is 24.8. The van der Waals surface area contributed by atoms with Crippen molar-refractivity contribution in [3.63, 3.8) is 0 Å². The first-order valence-electron chi connectivity index (χ1n) is 12.4. The van der Waals surface area contributed by atoms with Crippen LogP contribution < -0.4 is 10.5 Å². The zero-order valence-corrected chi connectivity index (χ0v) is 22.5. The number of hydrogen-bond acceptors (Lipinski definition) is 6. The lowest BCUT2D eigenvalue weighted by Gasteiger charge is -2.35. The first-order valence-corrected chi connectivity index (χ1v) is 13.7. The molecule has 1 aromatic rings. The standard InChI is InChI=1S/C26H36N4O2S2/c1-5-6-7-8-9-10-14-30-25(32)22(34-26(30)33)15-20-19(3)21(16-27)24(31)28(4)23(20)29-13-11-12-18(2)17-29/h15,18H,5-14,17H2,1-4H3/b22-15-. The van der Waals surface area contributed by atoms with Crippen LogP contribution in [0.5, 0.6) is 0 Å². The molecule has 0 aromatic carbocycles. The van der Waals surface area contributed by atoms with Crippen LogP contribution in [0, 0.1) is 24.2 Å². The second-order valence-corrected chi connectivity index (χ2v) is 11.2. The summed E-state index contributed by atoms with van der Waals surface area (Å²) in [5, 5.41) is 9.66. The summed E-state index contributed by atoms with van der Waals surface area (Å²) in [6, 6.07) is 2.08. The number of thioether (sulfide) groups is 1. The van der Waals surface area contributed by atoms with E-state index in [0.717, 1.165) is 50.2 Å². The number of aromatic nitrogens is 1. The van der Waals surface area contributed by atoms with E-state index in [1.807, 2.05) is 6.08 Å². The summed E-state index contributed by atoms with van der Waals surface area (Å²) < 4.78 is 2.16. The molecule has 0 N–H and O–H groups in total. The molecule has 3 rings (SSSR count). The Morgan fingerprint density at radius 2 is 1.91 bits per heavy atom. The van der Waals surface area contributed by atoms with Crippen molar-refractivity contribution in [1.29, 1.82) is 5.26 Å². The van der Waals surface area contributed by atoms with Gasteiger partial charge < -0.3 is 4.90 Å². The van der Waals surface area contributed by atoms with E-state index in [1.165, 1.54) is 37.4 Å². The Labute approximate surface area is 213 Å². The smallest absolute Gasteiger partial charge is 0.270 e. The van der Waals surface area contributed by atoms with Gasteiger partial charge in [-0.1, -0.05) is 69.9 Å². The molecule has 2 aliphatic rings. The number of nitrogens with zero attached hydrogens (tertiary/aromatic N) is 4. The fraction of sp³-hybridized carbons (Fsp3) is 0.615. The number of piperidine rings is 1. The average molecular weight is 501 g/mol. The zero-order valence-electron chi connectivity index (χ0n) is 20.9. The van der Waals surface area contributed by atoms with Gasteiger partial charge in [-0.05, 0) is 43.7 Å². The van der Waals surface area contributed by atoms with Gasteiger partial charge in [0.1, 0.15) is 21.8 Å². The van der Waals surface area contributed by atoms with Crippen molar-refractivity contribution in [3.05, 3.63) is 31.9 Å². The molecule has 0 radical (unpaired) electrons. The van der Waals surface area contributed by atoms with Crippen LogP contribution in [0.4, 0.5) is 5.82 Å². The number of nitriles is 1. The van der Waals surface area contributed by atoms with Crippen molar-refractivity contribution in [2.45, 2.75) is 72.1 Å². The third kappa shape index (κ3) is 5.75. The minimum atomic E-state index is -0.291. The van der Waals surface area contributed by atoms with E-state index >= 15 is 0 Å². The summed E-state index contributed by atoms with van der Waals surface area (Å²) >= 11 is 6.86. The molecule has 2 saturated heterocycles. The highest BCUT2D eigenvalue weighted by Crippen LogP contribution is 2.36. The van der Waals surface area contributed by atoms with Crippen molar-refractivity contribution in [1.82, 2.24) is 9.47 Å². The van der Waals surface area contributed by atoms with Crippen LogP contribution in [-0.2, 0) is 11.8 Å². The topological polar surface area (TPSA) is 69.3 Å². The maximum atomic E-state index is 13.2. The van der Waals surface area contributed by atoms with E-state index in [4.69, 9.17) is 12.2 Å². The molecule has 0 aliphatic carbocycles. The molecule has 3 heterocycles. The number of carbonyl (C=O) groups excluding carboxylic acids is 1. The molecule has 0 spiro atoms. The molecule has 2 fully saturated rings. The van der Waals surface area contributed by atoms with Gasteiger partial charge in [0.15, 0.2) is 0 Å². The van der Waals surface area contributed by atoms with Crippen LogP contribution >= 0.6 is 24.0 Å². The van der Waals surface area contributed by atoms with E-state index < -0.39 is 0 Å². The van der Waals surface area contributed by atoms with Gasteiger partial charge in [0.2, 0.25) is 0 Å². The molecule has 1 unspecified atom stereocenters. The minimum absolute atomic E-state index is 0.0757. The molecule has 0 bridgehead atoms. The number of thiocarbonyl (C=S) groups is 1. The van der Waals surface area contributed by atoms with Crippen molar-refractivity contribution in [2.24, 2.45) is 13.0 Å². The molecule has 2 aliphatic heterocycles. The van der Waals surface area contributed by atoms with Crippen LogP contribution in [0.15, 0.2) is 9.70 Å². The largest absolute Gasteiger partial charge is 0.357 e. The van der Waals surface area contributed by atoms with E-state index in [9.17, 15) is 14.9 Å². The molecular weight excluding hydrogens is 464 g/mol. The van der Waals surface area contributed by atoms with E-state index in [2.05, 4.69) is 24.8 Å². The highest BCUT2D eigenvalue weighted by atomic mass is 32.2. The average Bonchev–Trinajstić information content (AvgIpc) is 3.07. The maximum Gasteiger partial charge on any atom is 0.270 e. The van der Waals surface area contributed by atoms with Crippen molar-refractivity contribution in [3.8, 4) is 6.07 Å². The number of carbonyl (C=O) groups is 1.